The Bertz CT molecular complexity index is 946. The van der Waals surface area contributed by atoms with Gasteiger partial charge in [0.1, 0.15) is 5.82 Å². The molecular formula is C26H33N3O. The first-order valence-corrected chi connectivity index (χ1v) is 11.2. The maximum Gasteiger partial charge on any atom is 0.133 e. The Hall–Kier alpha value is -2.43. The number of para-hydroxylation sites is 1. The number of piperidine rings is 1. The maximum absolute atomic E-state index is 5.69. The first-order valence-electron chi connectivity index (χ1n) is 11.2. The molecule has 0 atom stereocenters. The van der Waals surface area contributed by atoms with Crippen molar-refractivity contribution in [2.75, 3.05) is 18.0 Å². The van der Waals surface area contributed by atoms with Crippen LogP contribution in [0.15, 0.2) is 54.6 Å². The van der Waals surface area contributed by atoms with Crippen molar-refractivity contribution in [2.24, 2.45) is 0 Å². The van der Waals surface area contributed by atoms with Crippen molar-refractivity contribution in [1.82, 2.24) is 10.3 Å². The lowest BCUT2D eigenvalue weighted by atomic mass is 10.1. The second kappa shape index (κ2) is 10.1. The molecule has 1 fully saturated rings. The molecule has 0 saturated carbocycles. The molecule has 0 bridgehead atoms. The van der Waals surface area contributed by atoms with E-state index < -0.39 is 0 Å². The first kappa shape index (κ1) is 20.8. The number of nitrogens with one attached hydrogen (secondary N) is 1. The zero-order valence-corrected chi connectivity index (χ0v) is 18.2. The summed E-state index contributed by atoms with van der Waals surface area (Å²) in [6.45, 7) is 8.69. The van der Waals surface area contributed by atoms with E-state index in [-0.39, 0.29) is 6.10 Å². The zero-order valence-electron chi connectivity index (χ0n) is 18.2. The lowest BCUT2D eigenvalue weighted by Crippen LogP contribution is -2.31. The highest BCUT2D eigenvalue weighted by Gasteiger charge is 2.17. The molecule has 0 radical (unpaired) electrons. The second-order valence-electron chi connectivity index (χ2n) is 8.49. The number of benzene rings is 2. The zero-order chi connectivity index (χ0) is 20.8. The standard InChI is InChI=1S/C26H33N3O/c1-20(2)30-19-22-12-10-21(11-13-22)17-27-18-24-16-23-8-4-5-9-25(23)28-26(24)29-14-6-3-7-15-29/h4-5,8-13,16,20,27H,3,6-7,14-15,17-19H2,1-2H3. The molecule has 1 aliphatic rings. The highest BCUT2D eigenvalue weighted by Crippen LogP contribution is 2.26. The Balaban J connectivity index is 1.43. The molecule has 4 rings (SSSR count). The number of fused-ring (bicyclic) bond motifs is 1. The van der Waals surface area contributed by atoms with Crippen LogP contribution in [0, 0.1) is 0 Å². The molecule has 4 nitrogen and oxygen atoms in total. The van der Waals surface area contributed by atoms with E-state index in [1.807, 2.05) is 0 Å². The van der Waals surface area contributed by atoms with Gasteiger partial charge in [0.05, 0.1) is 18.2 Å². The minimum absolute atomic E-state index is 0.260. The molecule has 0 aliphatic carbocycles. The van der Waals surface area contributed by atoms with Crippen LogP contribution in [-0.4, -0.2) is 24.2 Å². The Morgan fingerprint density at radius 1 is 0.933 bits per heavy atom. The molecule has 4 heteroatoms. The van der Waals surface area contributed by atoms with Crippen molar-refractivity contribution >= 4 is 16.7 Å². The van der Waals surface area contributed by atoms with Gasteiger partial charge >= 0.3 is 0 Å². The fourth-order valence-electron chi connectivity index (χ4n) is 4.02. The number of hydrogen-bond donors (Lipinski definition) is 1. The van der Waals surface area contributed by atoms with Crippen LogP contribution in [-0.2, 0) is 24.4 Å². The number of ether oxygens (including phenoxy) is 1. The van der Waals surface area contributed by atoms with E-state index in [9.17, 15) is 0 Å². The van der Waals surface area contributed by atoms with Gasteiger partial charge in [0.25, 0.3) is 0 Å². The van der Waals surface area contributed by atoms with E-state index in [0.29, 0.717) is 6.61 Å². The average Bonchev–Trinajstić information content (AvgIpc) is 2.78. The topological polar surface area (TPSA) is 37.4 Å². The van der Waals surface area contributed by atoms with Crippen LogP contribution in [0.1, 0.15) is 49.8 Å². The Kier molecular flexibility index (Phi) is 6.98. The second-order valence-corrected chi connectivity index (χ2v) is 8.49. The Morgan fingerprint density at radius 3 is 2.43 bits per heavy atom. The molecule has 2 aromatic carbocycles. The van der Waals surface area contributed by atoms with E-state index in [2.05, 4.69) is 78.7 Å². The highest BCUT2D eigenvalue weighted by molar-refractivity contribution is 5.81. The summed E-state index contributed by atoms with van der Waals surface area (Å²) < 4.78 is 5.69. The number of nitrogens with zero attached hydrogens (tertiary/aromatic N) is 2. The predicted octanol–water partition coefficient (Wildman–Crippen LogP) is 5.44. The number of pyridine rings is 1. The Labute approximate surface area is 180 Å². The normalized spacial score (nSPS) is 14.6. The van der Waals surface area contributed by atoms with Gasteiger partial charge in [0, 0.05) is 37.1 Å². The van der Waals surface area contributed by atoms with Crippen LogP contribution in [0.4, 0.5) is 5.82 Å². The van der Waals surface area contributed by atoms with Crippen molar-refractivity contribution < 1.29 is 4.74 Å². The predicted molar refractivity (Wildman–Crippen MR) is 125 cm³/mol. The lowest BCUT2D eigenvalue weighted by Gasteiger charge is -2.30. The molecule has 158 valence electrons. The van der Waals surface area contributed by atoms with Gasteiger partial charge in [0.15, 0.2) is 0 Å². The molecule has 0 unspecified atom stereocenters. The average molecular weight is 404 g/mol. The quantitative estimate of drug-likeness (QED) is 0.543. The van der Waals surface area contributed by atoms with Gasteiger partial charge < -0.3 is 15.0 Å². The number of aromatic nitrogens is 1. The van der Waals surface area contributed by atoms with Crippen LogP contribution >= 0.6 is 0 Å². The molecular weight excluding hydrogens is 370 g/mol. The van der Waals surface area contributed by atoms with Gasteiger partial charge in [-0.1, -0.05) is 42.5 Å². The summed E-state index contributed by atoms with van der Waals surface area (Å²) in [4.78, 5) is 7.51. The molecule has 1 aromatic heterocycles. The largest absolute Gasteiger partial charge is 0.374 e. The number of hydrogen-bond acceptors (Lipinski definition) is 4. The fraction of sp³-hybridized carbons (Fsp3) is 0.423. The summed E-state index contributed by atoms with van der Waals surface area (Å²) in [6.07, 6.45) is 4.11. The third-order valence-electron chi connectivity index (χ3n) is 5.69. The lowest BCUT2D eigenvalue weighted by molar-refractivity contribution is 0.0657. The maximum atomic E-state index is 5.69. The van der Waals surface area contributed by atoms with Crippen molar-refractivity contribution in [3.63, 3.8) is 0 Å². The summed E-state index contributed by atoms with van der Waals surface area (Å²) >= 11 is 0. The van der Waals surface area contributed by atoms with E-state index in [4.69, 9.17) is 9.72 Å². The van der Waals surface area contributed by atoms with Crippen LogP contribution in [0.3, 0.4) is 0 Å². The molecule has 2 heterocycles. The minimum atomic E-state index is 0.260. The summed E-state index contributed by atoms with van der Waals surface area (Å²) in [6, 6.07) is 19.5. The smallest absolute Gasteiger partial charge is 0.133 e. The molecule has 3 aromatic rings. The van der Waals surface area contributed by atoms with Gasteiger partial charge in [-0.25, -0.2) is 4.98 Å². The van der Waals surface area contributed by atoms with Crippen LogP contribution in [0.5, 0.6) is 0 Å². The molecule has 1 aliphatic heterocycles. The van der Waals surface area contributed by atoms with Gasteiger partial charge in [-0.2, -0.15) is 0 Å². The van der Waals surface area contributed by atoms with E-state index in [1.165, 1.54) is 41.3 Å². The fourth-order valence-corrected chi connectivity index (χ4v) is 4.02. The summed E-state index contributed by atoms with van der Waals surface area (Å²) in [7, 11) is 0. The highest BCUT2D eigenvalue weighted by atomic mass is 16.5. The minimum Gasteiger partial charge on any atom is -0.374 e. The van der Waals surface area contributed by atoms with Gasteiger partial charge in [-0.05, 0) is 56.4 Å². The van der Waals surface area contributed by atoms with Gasteiger partial charge in [-0.15, -0.1) is 0 Å². The first-order chi connectivity index (χ1) is 14.7. The SMILES string of the molecule is CC(C)OCc1ccc(CNCc2cc3ccccc3nc2N2CCCCC2)cc1. The van der Waals surface area contributed by atoms with E-state index in [1.54, 1.807) is 0 Å². The van der Waals surface area contributed by atoms with Crippen molar-refractivity contribution in [2.45, 2.75) is 58.9 Å². The van der Waals surface area contributed by atoms with Crippen LogP contribution < -0.4 is 10.2 Å². The van der Waals surface area contributed by atoms with E-state index >= 15 is 0 Å². The van der Waals surface area contributed by atoms with Crippen LogP contribution in [0.2, 0.25) is 0 Å². The Morgan fingerprint density at radius 2 is 1.67 bits per heavy atom. The third-order valence-corrected chi connectivity index (χ3v) is 5.69. The molecule has 0 spiro atoms. The van der Waals surface area contributed by atoms with Crippen molar-refractivity contribution in [3.05, 3.63) is 71.3 Å². The van der Waals surface area contributed by atoms with Crippen molar-refractivity contribution in [3.8, 4) is 0 Å². The summed E-state index contributed by atoms with van der Waals surface area (Å²) in [5, 5.41) is 4.85. The molecule has 1 N–H and O–H groups in total. The molecule has 30 heavy (non-hydrogen) atoms. The van der Waals surface area contributed by atoms with E-state index in [0.717, 1.165) is 37.5 Å². The van der Waals surface area contributed by atoms with Gasteiger partial charge in [-0.3, -0.25) is 0 Å². The summed E-state index contributed by atoms with van der Waals surface area (Å²) in [5.41, 5.74) is 4.88. The van der Waals surface area contributed by atoms with Gasteiger partial charge in [0.2, 0.25) is 0 Å². The third kappa shape index (κ3) is 5.38. The van der Waals surface area contributed by atoms with Crippen LogP contribution in [0.25, 0.3) is 10.9 Å². The molecule has 1 saturated heterocycles. The van der Waals surface area contributed by atoms with Crippen molar-refractivity contribution in [1.29, 1.82) is 0 Å². The number of anilines is 1. The number of rotatable bonds is 8. The summed E-state index contributed by atoms with van der Waals surface area (Å²) in [5.74, 6) is 1.15. The molecule has 0 amide bonds. The monoisotopic (exact) mass is 403 g/mol.